The Hall–Kier alpha value is -3.65. The van der Waals surface area contributed by atoms with Gasteiger partial charge in [-0.3, -0.25) is 4.79 Å². The number of aromatic nitrogens is 1. The average molecular weight is 330 g/mol. The van der Waals surface area contributed by atoms with E-state index in [1.54, 1.807) is 24.3 Å². The minimum atomic E-state index is -0.508. The van der Waals surface area contributed by atoms with Gasteiger partial charge in [-0.1, -0.05) is 42.5 Å². The molecule has 0 aliphatic heterocycles. The van der Waals surface area contributed by atoms with E-state index in [1.165, 1.54) is 13.2 Å². The lowest BCUT2D eigenvalue weighted by Gasteiger charge is -2.11. The minimum Gasteiger partial charge on any atom is -0.504 e. The van der Waals surface area contributed by atoms with E-state index < -0.39 is 11.2 Å². The Morgan fingerprint density at radius 1 is 1.04 bits per heavy atom. The summed E-state index contributed by atoms with van der Waals surface area (Å²) < 4.78 is 5.26. The van der Waals surface area contributed by atoms with Crippen molar-refractivity contribution >= 4 is 0 Å². The fourth-order valence-electron chi connectivity index (χ4n) is 2.55. The average Bonchev–Trinajstić information content (AvgIpc) is 2.82. The van der Waals surface area contributed by atoms with Crippen LogP contribution in [0.15, 0.2) is 65.5 Å². The number of rotatable bonds is 3. The highest BCUT2D eigenvalue weighted by Crippen LogP contribution is 2.34. The number of benzene rings is 1. The fourth-order valence-corrected chi connectivity index (χ4v) is 2.55. The number of pyridine rings is 1. The van der Waals surface area contributed by atoms with E-state index in [2.05, 4.69) is 11.1 Å². The molecule has 25 heavy (non-hydrogen) atoms. The van der Waals surface area contributed by atoms with Crippen LogP contribution in [0.5, 0.6) is 11.6 Å². The number of methoxy groups -OCH3 is 1. The van der Waals surface area contributed by atoms with Crippen molar-refractivity contribution in [1.29, 1.82) is 5.26 Å². The van der Waals surface area contributed by atoms with Crippen LogP contribution >= 0.6 is 0 Å². The van der Waals surface area contributed by atoms with Crippen molar-refractivity contribution < 1.29 is 9.84 Å². The molecule has 0 atom stereocenters. The van der Waals surface area contributed by atoms with Gasteiger partial charge in [0.25, 0.3) is 0 Å². The first-order valence-electron chi connectivity index (χ1n) is 7.53. The highest BCUT2D eigenvalue weighted by molar-refractivity contribution is 5.79. The molecular weight excluding hydrogens is 316 g/mol. The van der Waals surface area contributed by atoms with E-state index in [1.807, 2.05) is 30.3 Å². The molecule has 122 valence electrons. The first-order chi connectivity index (χ1) is 12.2. The Kier molecular flexibility index (Phi) is 4.44. The smallest absolute Gasteiger partial charge is 0.232 e. The second-order valence-electron chi connectivity index (χ2n) is 5.26. The second kappa shape index (κ2) is 6.85. The van der Waals surface area contributed by atoms with Crippen LogP contribution in [-0.4, -0.2) is 17.2 Å². The molecule has 1 heterocycles. The summed E-state index contributed by atoms with van der Waals surface area (Å²) in [5.41, 5.74) is 1.83. The van der Waals surface area contributed by atoms with E-state index in [4.69, 9.17) is 4.74 Å². The summed E-state index contributed by atoms with van der Waals surface area (Å²) >= 11 is 0. The van der Waals surface area contributed by atoms with Crippen molar-refractivity contribution in [2.45, 2.75) is 0 Å². The van der Waals surface area contributed by atoms with E-state index in [0.717, 1.165) is 5.56 Å². The molecule has 1 aromatic heterocycles. The molecule has 0 bridgehead atoms. The van der Waals surface area contributed by atoms with Crippen LogP contribution in [0.3, 0.4) is 0 Å². The third-order valence-electron chi connectivity index (χ3n) is 3.76. The van der Waals surface area contributed by atoms with Crippen molar-refractivity contribution in [1.82, 2.24) is 4.98 Å². The third-order valence-corrected chi connectivity index (χ3v) is 3.76. The Bertz CT molecular complexity index is 1030. The first-order valence-corrected chi connectivity index (χ1v) is 7.53. The lowest BCUT2D eigenvalue weighted by Crippen LogP contribution is -1.99. The van der Waals surface area contributed by atoms with Gasteiger partial charge in [-0.2, -0.15) is 5.26 Å². The van der Waals surface area contributed by atoms with E-state index in [-0.39, 0.29) is 11.4 Å². The highest BCUT2D eigenvalue weighted by Gasteiger charge is 2.17. The minimum absolute atomic E-state index is 0.136. The van der Waals surface area contributed by atoms with Crippen molar-refractivity contribution in [3.8, 4) is 40.1 Å². The summed E-state index contributed by atoms with van der Waals surface area (Å²) in [4.78, 5) is 16.2. The molecule has 0 saturated carbocycles. The number of ether oxygens (including phenoxy) is 1. The van der Waals surface area contributed by atoms with Crippen molar-refractivity contribution in [3.05, 3.63) is 76.5 Å². The molecule has 3 aromatic rings. The Morgan fingerprint density at radius 3 is 2.40 bits per heavy atom. The zero-order chi connectivity index (χ0) is 17.8. The van der Waals surface area contributed by atoms with Crippen molar-refractivity contribution in [2.24, 2.45) is 0 Å². The molecule has 0 amide bonds. The normalized spacial score (nSPS) is 10.1. The van der Waals surface area contributed by atoms with Crippen LogP contribution in [-0.2, 0) is 0 Å². The van der Waals surface area contributed by atoms with Crippen molar-refractivity contribution in [2.75, 3.05) is 7.11 Å². The topological polar surface area (TPSA) is 83.2 Å². The summed E-state index contributed by atoms with van der Waals surface area (Å²) in [5, 5.41) is 19.7. The molecule has 5 nitrogen and oxygen atoms in total. The summed E-state index contributed by atoms with van der Waals surface area (Å²) in [5.74, 6) is -0.263. The third kappa shape index (κ3) is 3.06. The van der Waals surface area contributed by atoms with Gasteiger partial charge < -0.3 is 9.84 Å². The maximum atomic E-state index is 11.9. The van der Waals surface area contributed by atoms with Crippen molar-refractivity contribution in [3.63, 3.8) is 0 Å². The monoisotopic (exact) mass is 330 g/mol. The predicted octanol–water partition coefficient (Wildman–Crippen LogP) is 3.36. The van der Waals surface area contributed by atoms with Gasteiger partial charge in [0, 0.05) is 11.1 Å². The lowest BCUT2D eigenvalue weighted by atomic mass is 9.99. The van der Waals surface area contributed by atoms with Gasteiger partial charge in [0.2, 0.25) is 11.3 Å². The molecule has 0 radical (unpaired) electrons. The van der Waals surface area contributed by atoms with Crippen LogP contribution in [0.25, 0.3) is 22.4 Å². The SMILES string of the molecule is COc1nc(-c2ccccc(=O)c2O)cc(-c2ccccc2)c1C#N. The van der Waals surface area contributed by atoms with Gasteiger partial charge in [-0.25, -0.2) is 4.98 Å². The largest absolute Gasteiger partial charge is 0.504 e. The van der Waals surface area contributed by atoms with E-state index >= 15 is 0 Å². The summed E-state index contributed by atoms with van der Waals surface area (Å²) in [6.07, 6.45) is 0. The fraction of sp³-hybridized carbons (Fsp3) is 0.0500. The number of hydrogen-bond acceptors (Lipinski definition) is 5. The first kappa shape index (κ1) is 16.2. The van der Waals surface area contributed by atoms with Gasteiger partial charge in [-0.05, 0) is 23.8 Å². The molecule has 0 fully saturated rings. The van der Waals surface area contributed by atoms with Gasteiger partial charge in [0.1, 0.15) is 11.6 Å². The molecule has 2 aromatic carbocycles. The van der Waals surface area contributed by atoms with Gasteiger partial charge in [0.05, 0.1) is 12.8 Å². The maximum Gasteiger partial charge on any atom is 0.232 e. The van der Waals surface area contributed by atoms with Crippen LogP contribution < -0.4 is 10.2 Å². The van der Waals surface area contributed by atoms with Gasteiger partial charge in [-0.15, -0.1) is 0 Å². The molecule has 1 N–H and O–H groups in total. The summed E-state index contributed by atoms with van der Waals surface area (Å²) in [6, 6.07) is 19.2. The predicted molar refractivity (Wildman–Crippen MR) is 94.3 cm³/mol. The molecule has 0 aliphatic rings. The molecule has 0 spiro atoms. The number of hydrogen-bond donors (Lipinski definition) is 1. The maximum absolute atomic E-state index is 11.9. The quantitative estimate of drug-likeness (QED) is 0.796. The Labute approximate surface area is 144 Å². The molecule has 0 saturated heterocycles. The van der Waals surface area contributed by atoms with Crippen LogP contribution in [0.1, 0.15) is 5.56 Å². The van der Waals surface area contributed by atoms with E-state index in [0.29, 0.717) is 16.8 Å². The zero-order valence-electron chi connectivity index (χ0n) is 13.4. The number of nitrogens with zero attached hydrogens (tertiary/aromatic N) is 2. The molecule has 3 rings (SSSR count). The Balaban J connectivity index is 2.35. The lowest BCUT2D eigenvalue weighted by molar-refractivity contribution is 0.397. The molecule has 5 heteroatoms. The van der Waals surface area contributed by atoms with Crippen LogP contribution in [0.4, 0.5) is 0 Å². The number of nitriles is 1. The summed E-state index contributed by atoms with van der Waals surface area (Å²) in [6.45, 7) is 0. The zero-order valence-corrected chi connectivity index (χ0v) is 13.4. The standard InChI is InChI=1S/C20H14N2O3/c1-25-20-16(12-21)15(13-7-3-2-4-8-13)11-17(22-20)14-9-5-6-10-18(23)19(14)24/h2-11H,1H3,(H,23,24). The van der Waals surface area contributed by atoms with E-state index in [9.17, 15) is 15.2 Å². The van der Waals surface area contributed by atoms with Crippen LogP contribution in [0, 0.1) is 11.3 Å². The Morgan fingerprint density at radius 2 is 1.72 bits per heavy atom. The molecule has 0 aliphatic carbocycles. The highest BCUT2D eigenvalue weighted by atomic mass is 16.5. The number of aromatic hydroxyl groups is 1. The van der Waals surface area contributed by atoms with Gasteiger partial charge in [0.15, 0.2) is 5.75 Å². The van der Waals surface area contributed by atoms with Gasteiger partial charge >= 0.3 is 0 Å². The molecular formula is C20H14N2O3. The molecule has 0 unspecified atom stereocenters. The summed E-state index contributed by atoms with van der Waals surface area (Å²) in [7, 11) is 1.42. The van der Waals surface area contributed by atoms with Crippen LogP contribution in [0.2, 0.25) is 0 Å². The second-order valence-corrected chi connectivity index (χ2v) is 5.26.